The molecule has 7 nitrogen and oxygen atoms in total. The summed E-state index contributed by atoms with van der Waals surface area (Å²) in [4.78, 5) is 37.2. The summed E-state index contributed by atoms with van der Waals surface area (Å²) in [7, 11) is 0. The van der Waals surface area contributed by atoms with E-state index in [2.05, 4.69) is 6.58 Å². The minimum Gasteiger partial charge on any atom is -0.481 e. The zero-order valence-corrected chi connectivity index (χ0v) is 15.4. The Morgan fingerprint density at radius 1 is 1.22 bits per heavy atom. The van der Waals surface area contributed by atoms with Crippen LogP contribution >= 0.6 is 0 Å². The Labute approximate surface area is 157 Å². The van der Waals surface area contributed by atoms with Crippen LogP contribution < -0.4 is 0 Å². The number of rotatable bonds is 3. The van der Waals surface area contributed by atoms with E-state index in [0.717, 1.165) is 6.29 Å². The lowest BCUT2D eigenvalue weighted by Gasteiger charge is -2.51. The molecule has 1 spiro atoms. The van der Waals surface area contributed by atoms with Gasteiger partial charge in [0.25, 0.3) is 0 Å². The highest BCUT2D eigenvalue weighted by atomic mass is 16.4. The molecule has 148 valence electrons. The third kappa shape index (κ3) is 1.87. The Morgan fingerprint density at radius 2 is 1.89 bits per heavy atom. The lowest BCUT2D eigenvalue weighted by molar-refractivity contribution is -0.182. The monoisotopic (exact) mass is 378 g/mol. The van der Waals surface area contributed by atoms with E-state index < -0.39 is 51.7 Å². The molecular formula is C20H26O7. The average molecular weight is 378 g/mol. The molecule has 0 aromatic heterocycles. The Balaban J connectivity index is 2.00. The van der Waals surface area contributed by atoms with Crippen LogP contribution in [0.4, 0.5) is 0 Å². The molecule has 7 heteroatoms. The van der Waals surface area contributed by atoms with E-state index in [1.54, 1.807) is 0 Å². The molecule has 0 aromatic carbocycles. The van der Waals surface area contributed by atoms with Gasteiger partial charge in [-0.2, -0.15) is 0 Å². The Bertz CT molecular complexity index is 761. The van der Waals surface area contributed by atoms with Gasteiger partial charge in [0.05, 0.1) is 23.0 Å². The molecule has 0 radical (unpaired) electrons. The van der Waals surface area contributed by atoms with Crippen LogP contribution in [0.25, 0.3) is 0 Å². The normalized spacial score (nSPS) is 53.5. The molecule has 2 bridgehead atoms. The topological polar surface area (TPSA) is 132 Å². The summed E-state index contributed by atoms with van der Waals surface area (Å²) < 4.78 is 0. The molecule has 27 heavy (non-hydrogen) atoms. The van der Waals surface area contributed by atoms with Gasteiger partial charge in [-0.25, -0.2) is 0 Å². The number of hydrogen-bond donors (Lipinski definition) is 4. The van der Waals surface area contributed by atoms with Gasteiger partial charge in [0.2, 0.25) is 0 Å². The smallest absolute Gasteiger partial charge is 0.312 e. The van der Waals surface area contributed by atoms with Gasteiger partial charge in [-0.15, -0.1) is 0 Å². The molecule has 4 fully saturated rings. The van der Waals surface area contributed by atoms with E-state index >= 15 is 0 Å². The summed E-state index contributed by atoms with van der Waals surface area (Å²) >= 11 is 0. The maximum atomic E-state index is 12.5. The van der Waals surface area contributed by atoms with Gasteiger partial charge in [0, 0.05) is 11.3 Å². The van der Waals surface area contributed by atoms with Gasteiger partial charge in [-0.3, -0.25) is 9.59 Å². The number of fused-ring (bicyclic) bond motifs is 3. The largest absolute Gasteiger partial charge is 0.481 e. The first-order valence-corrected chi connectivity index (χ1v) is 9.51. The fraction of sp³-hybridized carbons (Fsp3) is 0.750. The zero-order valence-electron chi connectivity index (χ0n) is 15.4. The second-order valence-corrected chi connectivity index (χ2v) is 9.48. The van der Waals surface area contributed by atoms with Crippen molar-refractivity contribution in [1.82, 2.24) is 0 Å². The highest BCUT2D eigenvalue weighted by Crippen LogP contribution is 2.77. The number of aliphatic hydroxyl groups excluding tert-OH is 1. The molecule has 8 atom stereocenters. The fourth-order valence-corrected chi connectivity index (χ4v) is 7.58. The van der Waals surface area contributed by atoms with Crippen molar-refractivity contribution in [2.24, 2.45) is 34.0 Å². The summed E-state index contributed by atoms with van der Waals surface area (Å²) in [5, 5.41) is 41.7. The fourth-order valence-electron chi connectivity index (χ4n) is 7.58. The highest BCUT2D eigenvalue weighted by molar-refractivity contribution is 5.83. The van der Waals surface area contributed by atoms with Crippen molar-refractivity contribution in [3.8, 4) is 0 Å². The van der Waals surface area contributed by atoms with E-state index in [1.807, 2.05) is 0 Å². The summed E-state index contributed by atoms with van der Waals surface area (Å²) in [5.74, 6) is -4.93. The molecule has 0 heterocycles. The van der Waals surface area contributed by atoms with E-state index in [1.165, 1.54) is 6.92 Å². The molecule has 4 rings (SSSR count). The molecule has 0 saturated heterocycles. The van der Waals surface area contributed by atoms with Gasteiger partial charge < -0.3 is 25.2 Å². The van der Waals surface area contributed by atoms with E-state index in [4.69, 9.17) is 0 Å². The van der Waals surface area contributed by atoms with Crippen LogP contribution in [0.3, 0.4) is 0 Å². The van der Waals surface area contributed by atoms with Crippen molar-refractivity contribution in [3.63, 3.8) is 0 Å². The molecule has 4 aliphatic rings. The maximum Gasteiger partial charge on any atom is 0.312 e. The summed E-state index contributed by atoms with van der Waals surface area (Å²) in [6, 6.07) is 0. The van der Waals surface area contributed by atoms with Crippen molar-refractivity contribution < 1.29 is 34.8 Å². The first-order chi connectivity index (χ1) is 12.5. The van der Waals surface area contributed by atoms with Crippen LogP contribution in [-0.4, -0.2) is 50.4 Å². The van der Waals surface area contributed by atoms with Crippen LogP contribution in [-0.2, 0) is 14.4 Å². The zero-order chi connectivity index (χ0) is 20.0. The Hall–Kier alpha value is -1.73. The van der Waals surface area contributed by atoms with Gasteiger partial charge in [0.1, 0.15) is 6.29 Å². The number of carboxylic acids is 2. The summed E-state index contributed by atoms with van der Waals surface area (Å²) in [6.45, 7) is 5.35. The van der Waals surface area contributed by atoms with Crippen LogP contribution in [0.15, 0.2) is 12.2 Å². The van der Waals surface area contributed by atoms with E-state index in [-0.39, 0.29) is 31.6 Å². The summed E-state index contributed by atoms with van der Waals surface area (Å²) in [5.41, 5.74) is -4.34. The van der Waals surface area contributed by atoms with Crippen molar-refractivity contribution >= 4 is 18.2 Å². The molecule has 0 unspecified atom stereocenters. The van der Waals surface area contributed by atoms with Crippen molar-refractivity contribution in [2.75, 3.05) is 0 Å². The quantitative estimate of drug-likeness (QED) is 0.429. The highest BCUT2D eigenvalue weighted by Gasteiger charge is 2.79. The van der Waals surface area contributed by atoms with E-state index in [0.29, 0.717) is 18.4 Å². The van der Waals surface area contributed by atoms with Gasteiger partial charge in [0.15, 0.2) is 0 Å². The first kappa shape index (κ1) is 18.6. The number of aliphatic carboxylic acids is 2. The second-order valence-electron chi connectivity index (χ2n) is 9.48. The number of hydrogen-bond acceptors (Lipinski definition) is 5. The number of aldehydes is 1. The molecular weight excluding hydrogens is 352 g/mol. The van der Waals surface area contributed by atoms with Gasteiger partial charge >= 0.3 is 11.9 Å². The predicted molar refractivity (Wildman–Crippen MR) is 92.6 cm³/mol. The van der Waals surface area contributed by atoms with Crippen LogP contribution in [0, 0.1) is 34.0 Å². The van der Waals surface area contributed by atoms with E-state index in [9.17, 15) is 34.8 Å². The molecule has 0 amide bonds. The van der Waals surface area contributed by atoms with Gasteiger partial charge in [-0.05, 0) is 62.4 Å². The van der Waals surface area contributed by atoms with Gasteiger partial charge in [-0.1, -0.05) is 6.58 Å². The second kappa shape index (κ2) is 5.20. The lowest BCUT2D eigenvalue weighted by Crippen LogP contribution is -2.58. The number of carbonyl (C=O) groups is 3. The maximum absolute atomic E-state index is 12.5. The van der Waals surface area contributed by atoms with Crippen molar-refractivity contribution in [2.45, 2.75) is 57.2 Å². The molecule has 4 N–H and O–H groups in total. The molecule has 0 aliphatic heterocycles. The predicted octanol–water partition coefficient (Wildman–Crippen LogP) is 1.23. The van der Waals surface area contributed by atoms with Crippen LogP contribution in [0.1, 0.15) is 45.4 Å². The Morgan fingerprint density at radius 3 is 2.44 bits per heavy atom. The van der Waals surface area contributed by atoms with Crippen LogP contribution in [0.5, 0.6) is 0 Å². The standard InChI is InChI=1S/C20H26O7/c1-10-7-19-8-20(10,27)6-3-11(19)18(9-21)5-4-12(22)17(2,16(25)26)14(18)13(19)15(23)24/h9,11-14,22,27H,1,3-8H2,2H3,(H,23,24)(H,25,26)/t11-,12-,13+,14+,17+,18+,19-,20-/m0/s1. The molecule has 4 saturated carbocycles. The van der Waals surface area contributed by atoms with Crippen molar-refractivity contribution in [1.29, 1.82) is 0 Å². The number of carboxylic acid groups (broad SMARTS) is 2. The third-order valence-electron chi connectivity index (χ3n) is 8.68. The minimum atomic E-state index is -1.74. The minimum absolute atomic E-state index is 0.141. The van der Waals surface area contributed by atoms with Crippen LogP contribution in [0.2, 0.25) is 0 Å². The first-order valence-electron chi connectivity index (χ1n) is 9.51. The number of aliphatic hydroxyl groups is 2. The molecule has 0 aromatic rings. The molecule has 4 aliphatic carbocycles. The third-order valence-corrected chi connectivity index (χ3v) is 8.68. The lowest BCUT2D eigenvalue weighted by atomic mass is 9.52. The van der Waals surface area contributed by atoms with Crippen molar-refractivity contribution in [3.05, 3.63) is 12.2 Å². The summed E-state index contributed by atoms with van der Waals surface area (Å²) in [6.07, 6.45) is 1.29. The number of carbonyl (C=O) groups excluding carboxylic acids is 1. The SMILES string of the molecule is C=C1C[C@]23C[C@@]1(O)CC[C@H]2[C@]1(C=O)CC[C@H](O)[C@@](C)(C(=O)O)[C@H]1[C@@H]3C(=O)O. The average Bonchev–Trinajstić information content (AvgIpc) is 2.95. The Kier molecular flexibility index (Phi) is 3.59.